The standard InChI is InChI=1S/C13H12BrN5O2/c1-20-9-4-8(14)3-2-7(9)6-21-10-5-11(15)16-13-12(10)17-19-18-13/h2-5H,6H2,1H3,(H3,15,16,17,18,19). The van der Waals surface area contributed by atoms with Crippen LogP contribution >= 0.6 is 15.9 Å². The van der Waals surface area contributed by atoms with Gasteiger partial charge in [0.15, 0.2) is 16.9 Å². The summed E-state index contributed by atoms with van der Waals surface area (Å²) >= 11 is 3.40. The maximum Gasteiger partial charge on any atom is 0.181 e. The number of nitrogens with zero attached hydrogens (tertiary/aromatic N) is 3. The van der Waals surface area contributed by atoms with Gasteiger partial charge < -0.3 is 15.2 Å². The highest BCUT2D eigenvalue weighted by Gasteiger charge is 2.11. The lowest BCUT2D eigenvalue weighted by Crippen LogP contribution is -2.01. The number of nitrogens with two attached hydrogens (primary N) is 1. The third-order valence-electron chi connectivity index (χ3n) is 2.92. The maximum absolute atomic E-state index is 5.79. The van der Waals surface area contributed by atoms with E-state index in [0.29, 0.717) is 29.3 Å². The van der Waals surface area contributed by atoms with E-state index in [1.54, 1.807) is 13.2 Å². The van der Waals surface area contributed by atoms with Crippen molar-refractivity contribution in [2.24, 2.45) is 0 Å². The van der Waals surface area contributed by atoms with Crippen molar-refractivity contribution in [3.05, 3.63) is 34.3 Å². The number of anilines is 1. The molecule has 0 spiro atoms. The molecule has 3 rings (SSSR count). The molecule has 2 heterocycles. The fourth-order valence-corrected chi connectivity index (χ4v) is 2.27. The monoisotopic (exact) mass is 349 g/mol. The van der Waals surface area contributed by atoms with E-state index in [9.17, 15) is 0 Å². The number of hydrogen-bond donors (Lipinski definition) is 2. The highest BCUT2D eigenvalue weighted by atomic mass is 79.9. The fourth-order valence-electron chi connectivity index (χ4n) is 1.93. The van der Waals surface area contributed by atoms with E-state index >= 15 is 0 Å². The van der Waals surface area contributed by atoms with Crippen LogP contribution in [0.5, 0.6) is 11.5 Å². The molecule has 0 unspecified atom stereocenters. The zero-order valence-corrected chi connectivity index (χ0v) is 12.7. The molecule has 7 nitrogen and oxygen atoms in total. The molecule has 108 valence electrons. The lowest BCUT2D eigenvalue weighted by molar-refractivity contribution is 0.299. The van der Waals surface area contributed by atoms with E-state index in [4.69, 9.17) is 15.2 Å². The van der Waals surface area contributed by atoms with Crippen LogP contribution in [0.2, 0.25) is 0 Å². The van der Waals surface area contributed by atoms with Crippen LogP contribution in [0.4, 0.5) is 5.82 Å². The number of aromatic nitrogens is 4. The molecule has 3 N–H and O–H groups in total. The SMILES string of the molecule is COc1cc(Br)ccc1COc1cc(N)nc2[nH]nnc12. The van der Waals surface area contributed by atoms with Gasteiger partial charge in [-0.25, -0.2) is 10.1 Å². The van der Waals surface area contributed by atoms with Gasteiger partial charge in [0.25, 0.3) is 0 Å². The maximum atomic E-state index is 5.79. The van der Waals surface area contributed by atoms with Crippen molar-refractivity contribution in [1.82, 2.24) is 20.4 Å². The number of pyridine rings is 1. The summed E-state index contributed by atoms with van der Waals surface area (Å²) in [5.41, 5.74) is 7.68. The average molecular weight is 350 g/mol. The largest absolute Gasteiger partial charge is 0.496 e. The molecular formula is C13H12BrN5O2. The summed E-state index contributed by atoms with van der Waals surface area (Å²) < 4.78 is 12.1. The third-order valence-corrected chi connectivity index (χ3v) is 3.41. The molecule has 1 aromatic carbocycles. The van der Waals surface area contributed by atoms with Crippen molar-refractivity contribution in [2.45, 2.75) is 6.61 Å². The first-order valence-electron chi connectivity index (χ1n) is 6.10. The van der Waals surface area contributed by atoms with Crippen molar-refractivity contribution in [3.63, 3.8) is 0 Å². The van der Waals surface area contributed by atoms with Crippen LogP contribution in [-0.2, 0) is 6.61 Å². The Morgan fingerprint density at radius 2 is 2.14 bits per heavy atom. The van der Waals surface area contributed by atoms with E-state index in [1.165, 1.54) is 0 Å². The molecule has 0 aliphatic carbocycles. The van der Waals surface area contributed by atoms with Gasteiger partial charge in [0.05, 0.1) is 7.11 Å². The van der Waals surface area contributed by atoms with E-state index in [0.717, 1.165) is 15.8 Å². The molecule has 21 heavy (non-hydrogen) atoms. The Morgan fingerprint density at radius 3 is 2.95 bits per heavy atom. The average Bonchev–Trinajstić information content (AvgIpc) is 2.93. The second-order valence-corrected chi connectivity index (χ2v) is 5.21. The summed E-state index contributed by atoms with van der Waals surface area (Å²) in [5.74, 6) is 1.60. The summed E-state index contributed by atoms with van der Waals surface area (Å²) in [6.45, 7) is 0.321. The predicted molar refractivity (Wildman–Crippen MR) is 81.1 cm³/mol. The van der Waals surface area contributed by atoms with Crippen LogP contribution in [0, 0.1) is 0 Å². The first-order chi connectivity index (χ1) is 10.2. The molecule has 0 saturated heterocycles. The number of H-pyrrole nitrogens is 1. The molecule has 0 fully saturated rings. The first kappa shape index (κ1) is 13.6. The molecular weight excluding hydrogens is 338 g/mol. The Bertz CT molecular complexity index is 789. The summed E-state index contributed by atoms with van der Waals surface area (Å²) in [7, 11) is 1.62. The third kappa shape index (κ3) is 2.75. The Morgan fingerprint density at radius 1 is 1.29 bits per heavy atom. The van der Waals surface area contributed by atoms with Gasteiger partial charge in [-0.15, -0.1) is 5.10 Å². The van der Waals surface area contributed by atoms with Crippen LogP contribution < -0.4 is 15.2 Å². The Kier molecular flexibility index (Phi) is 3.61. The highest BCUT2D eigenvalue weighted by molar-refractivity contribution is 9.10. The number of aromatic amines is 1. The minimum absolute atomic E-state index is 0.321. The van der Waals surface area contributed by atoms with Gasteiger partial charge in [0, 0.05) is 16.1 Å². The first-order valence-corrected chi connectivity index (χ1v) is 6.89. The zero-order valence-electron chi connectivity index (χ0n) is 11.1. The number of nitrogen functional groups attached to an aromatic ring is 1. The van der Waals surface area contributed by atoms with Crippen molar-refractivity contribution in [3.8, 4) is 11.5 Å². The molecule has 0 radical (unpaired) electrons. The summed E-state index contributed by atoms with van der Waals surface area (Å²) in [6, 6.07) is 7.35. The van der Waals surface area contributed by atoms with Crippen molar-refractivity contribution in [1.29, 1.82) is 0 Å². The number of halogens is 1. The van der Waals surface area contributed by atoms with Crippen molar-refractivity contribution < 1.29 is 9.47 Å². The Balaban J connectivity index is 1.88. The van der Waals surface area contributed by atoms with E-state index < -0.39 is 0 Å². The van der Waals surface area contributed by atoms with Crippen molar-refractivity contribution >= 4 is 32.9 Å². The molecule has 0 saturated carbocycles. The van der Waals surface area contributed by atoms with Gasteiger partial charge in [-0.2, -0.15) is 0 Å². The molecule has 0 atom stereocenters. The van der Waals surface area contributed by atoms with Gasteiger partial charge in [0.1, 0.15) is 18.2 Å². The highest BCUT2D eigenvalue weighted by Crippen LogP contribution is 2.27. The van der Waals surface area contributed by atoms with Crippen LogP contribution in [0.15, 0.2) is 28.7 Å². The number of benzene rings is 1. The number of fused-ring (bicyclic) bond motifs is 1. The minimum Gasteiger partial charge on any atom is -0.496 e. The zero-order chi connectivity index (χ0) is 14.8. The van der Waals surface area contributed by atoms with Gasteiger partial charge in [0.2, 0.25) is 0 Å². The molecule has 3 aromatic rings. The molecule has 0 amide bonds. The number of ether oxygens (including phenoxy) is 2. The number of methoxy groups -OCH3 is 1. The molecule has 0 bridgehead atoms. The van der Waals surface area contributed by atoms with Crippen LogP contribution in [0.25, 0.3) is 11.2 Å². The second kappa shape index (κ2) is 5.57. The Labute approximate surface area is 128 Å². The second-order valence-electron chi connectivity index (χ2n) is 4.30. The summed E-state index contributed by atoms with van der Waals surface area (Å²) in [4.78, 5) is 4.08. The van der Waals surface area contributed by atoms with E-state index in [-0.39, 0.29) is 0 Å². The van der Waals surface area contributed by atoms with Crippen LogP contribution in [-0.4, -0.2) is 27.5 Å². The molecule has 0 aliphatic rings. The Hall–Kier alpha value is -2.35. The van der Waals surface area contributed by atoms with Crippen molar-refractivity contribution in [2.75, 3.05) is 12.8 Å². The lowest BCUT2D eigenvalue weighted by atomic mass is 10.2. The van der Waals surface area contributed by atoms with E-state index in [2.05, 4.69) is 36.3 Å². The van der Waals surface area contributed by atoms with Gasteiger partial charge in [-0.3, -0.25) is 0 Å². The predicted octanol–water partition coefficient (Wildman–Crippen LogP) is 2.29. The molecule has 0 aliphatic heterocycles. The van der Waals surface area contributed by atoms with Crippen LogP contribution in [0.3, 0.4) is 0 Å². The van der Waals surface area contributed by atoms with Gasteiger partial charge in [-0.05, 0) is 12.1 Å². The number of nitrogens with one attached hydrogen (secondary N) is 1. The number of rotatable bonds is 4. The summed E-state index contributed by atoms with van der Waals surface area (Å²) in [5, 5.41) is 10.3. The number of hydrogen-bond acceptors (Lipinski definition) is 6. The lowest BCUT2D eigenvalue weighted by Gasteiger charge is -2.11. The van der Waals surface area contributed by atoms with Gasteiger partial charge in [-0.1, -0.05) is 27.2 Å². The fraction of sp³-hybridized carbons (Fsp3) is 0.154. The molecule has 8 heteroatoms. The molecule has 2 aromatic heterocycles. The summed E-state index contributed by atoms with van der Waals surface area (Å²) in [6.07, 6.45) is 0. The quantitative estimate of drug-likeness (QED) is 0.749. The van der Waals surface area contributed by atoms with Gasteiger partial charge >= 0.3 is 0 Å². The normalized spacial score (nSPS) is 10.8. The topological polar surface area (TPSA) is 98.9 Å². The smallest absolute Gasteiger partial charge is 0.181 e. The minimum atomic E-state index is 0.321. The van der Waals surface area contributed by atoms with Crippen LogP contribution in [0.1, 0.15) is 5.56 Å². The van der Waals surface area contributed by atoms with E-state index in [1.807, 2.05) is 18.2 Å².